The molecule has 0 aromatic heterocycles. The van der Waals surface area contributed by atoms with Crippen LogP contribution >= 0.6 is 12.4 Å². The maximum atomic E-state index is 11.5. The molecule has 2 rings (SSSR count). The normalized spacial score (nSPS) is 14.2. The van der Waals surface area contributed by atoms with Crippen LogP contribution in [-0.2, 0) is 4.79 Å². The molecule has 1 aliphatic rings. The SMILES string of the molecule is Cc1cccc(OCCC(=O)NCC2CNC2)c1.Cl. The zero-order valence-electron chi connectivity index (χ0n) is 11.1. The van der Waals surface area contributed by atoms with E-state index in [0.717, 1.165) is 30.9 Å². The van der Waals surface area contributed by atoms with Gasteiger partial charge in [0.1, 0.15) is 5.75 Å². The highest BCUT2D eigenvalue weighted by atomic mass is 35.5. The second kappa shape index (κ2) is 8.02. The van der Waals surface area contributed by atoms with Gasteiger partial charge in [-0.1, -0.05) is 12.1 Å². The summed E-state index contributed by atoms with van der Waals surface area (Å²) in [5, 5.41) is 6.10. The van der Waals surface area contributed by atoms with Crippen molar-refractivity contribution in [3.8, 4) is 5.75 Å². The van der Waals surface area contributed by atoms with Crippen molar-refractivity contribution in [1.82, 2.24) is 10.6 Å². The van der Waals surface area contributed by atoms with Gasteiger partial charge >= 0.3 is 0 Å². The Morgan fingerprint density at radius 1 is 1.47 bits per heavy atom. The van der Waals surface area contributed by atoms with Crippen molar-refractivity contribution in [2.45, 2.75) is 13.3 Å². The van der Waals surface area contributed by atoms with Gasteiger partial charge < -0.3 is 15.4 Å². The zero-order chi connectivity index (χ0) is 12.8. The first-order valence-corrected chi connectivity index (χ1v) is 6.41. The molecule has 1 fully saturated rings. The molecule has 0 bridgehead atoms. The highest BCUT2D eigenvalue weighted by Crippen LogP contribution is 2.12. The Bertz CT molecular complexity index is 408. The van der Waals surface area contributed by atoms with Crippen LogP contribution in [0.25, 0.3) is 0 Å². The van der Waals surface area contributed by atoms with Gasteiger partial charge in [0.2, 0.25) is 5.91 Å². The number of hydrogen-bond donors (Lipinski definition) is 2. The predicted molar refractivity (Wildman–Crippen MR) is 77.9 cm³/mol. The molecular weight excluding hydrogens is 264 g/mol. The van der Waals surface area contributed by atoms with E-state index in [0.29, 0.717) is 18.9 Å². The van der Waals surface area contributed by atoms with Crippen LogP contribution < -0.4 is 15.4 Å². The van der Waals surface area contributed by atoms with Crippen molar-refractivity contribution < 1.29 is 9.53 Å². The average Bonchev–Trinajstić information content (AvgIpc) is 2.27. The van der Waals surface area contributed by atoms with Crippen LogP contribution in [0.1, 0.15) is 12.0 Å². The number of halogens is 1. The number of ether oxygens (including phenoxy) is 1. The molecule has 0 atom stereocenters. The quantitative estimate of drug-likeness (QED) is 0.833. The summed E-state index contributed by atoms with van der Waals surface area (Å²) in [6.45, 7) is 5.25. The van der Waals surface area contributed by atoms with Crippen molar-refractivity contribution in [2.75, 3.05) is 26.2 Å². The fourth-order valence-electron chi connectivity index (χ4n) is 1.81. The molecule has 0 radical (unpaired) electrons. The molecule has 106 valence electrons. The lowest BCUT2D eigenvalue weighted by atomic mass is 10.0. The van der Waals surface area contributed by atoms with Crippen molar-refractivity contribution in [2.24, 2.45) is 5.92 Å². The standard InChI is InChI=1S/C14H20N2O2.ClH/c1-11-3-2-4-13(7-11)18-6-5-14(17)16-10-12-8-15-9-12;/h2-4,7,12,15H,5-6,8-10H2,1H3,(H,16,17);1H. The van der Waals surface area contributed by atoms with Gasteiger partial charge in [0.05, 0.1) is 13.0 Å². The largest absolute Gasteiger partial charge is 0.493 e. The first-order valence-electron chi connectivity index (χ1n) is 6.41. The Labute approximate surface area is 120 Å². The summed E-state index contributed by atoms with van der Waals surface area (Å²) in [6.07, 6.45) is 0.411. The summed E-state index contributed by atoms with van der Waals surface area (Å²) in [6, 6.07) is 7.85. The number of amides is 1. The van der Waals surface area contributed by atoms with Crippen LogP contribution in [0.5, 0.6) is 5.75 Å². The monoisotopic (exact) mass is 284 g/mol. The van der Waals surface area contributed by atoms with E-state index in [1.165, 1.54) is 0 Å². The summed E-state index contributed by atoms with van der Waals surface area (Å²) >= 11 is 0. The van der Waals surface area contributed by atoms with Gasteiger partial charge in [-0.2, -0.15) is 0 Å². The molecule has 1 aromatic carbocycles. The summed E-state index contributed by atoms with van der Waals surface area (Å²) in [4.78, 5) is 11.5. The van der Waals surface area contributed by atoms with Gasteiger partial charge in [-0.25, -0.2) is 0 Å². The third-order valence-corrected chi connectivity index (χ3v) is 3.04. The minimum absolute atomic E-state index is 0. The Balaban J connectivity index is 0.00000180. The third-order valence-electron chi connectivity index (χ3n) is 3.04. The van der Waals surface area contributed by atoms with E-state index in [9.17, 15) is 4.79 Å². The molecule has 1 aliphatic heterocycles. The number of hydrogen-bond acceptors (Lipinski definition) is 3. The van der Waals surface area contributed by atoms with Crippen molar-refractivity contribution in [3.05, 3.63) is 29.8 Å². The van der Waals surface area contributed by atoms with Gasteiger partial charge in [0.25, 0.3) is 0 Å². The average molecular weight is 285 g/mol. The molecular formula is C14H21ClN2O2. The number of benzene rings is 1. The number of carbonyl (C=O) groups is 1. The lowest BCUT2D eigenvalue weighted by Gasteiger charge is -2.27. The number of aryl methyl sites for hydroxylation is 1. The van der Waals surface area contributed by atoms with E-state index < -0.39 is 0 Å². The molecule has 0 aliphatic carbocycles. The van der Waals surface area contributed by atoms with Gasteiger partial charge in [-0.05, 0) is 24.6 Å². The second-order valence-electron chi connectivity index (χ2n) is 4.74. The number of rotatable bonds is 6. The number of nitrogens with one attached hydrogen (secondary N) is 2. The van der Waals surface area contributed by atoms with Gasteiger partial charge in [-0.3, -0.25) is 4.79 Å². The Kier molecular flexibility index (Phi) is 6.67. The first-order chi connectivity index (χ1) is 8.74. The van der Waals surface area contributed by atoms with Gasteiger partial charge in [0, 0.05) is 25.6 Å². The minimum Gasteiger partial charge on any atom is -0.493 e. The third kappa shape index (κ3) is 5.49. The molecule has 0 spiro atoms. The van der Waals surface area contributed by atoms with E-state index in [4.69, 9.17) is 4.74 Å². The molecule has 1 heterocycles. The molecule has 0 unspecified atom stereocenters. The van der Waals surface area contributed by atoms with Gasteiger partial charge in [-0.15, -0.1) is 12.4 Å². The van der Waals surface area contributed by atoms with E-state index >= 15 is 0 Å². The maximum absolute atomic E-state index is 11.5. The predicted octanol–water partition coefficient (Wildman–Crippen LogP) is 1.52. The Morgan fingerprint density at radius 3 is 2.89 bits per heavy atom. The van der Waals surface area contributed by atoms with Crippen molar-refractivity contribution >= 4 is 18.3 Å². The van der Waals surface area contributed by atoms with Crippen LogP contribution in [0, 0.1) is 12.8 Å². The van der Waals surface area contributed by atoms with Crippen LogP contribution in [-0.4, -0.2) is 32.1 Å². The highest BCUT2D eigenvalue weighted by Gasteiger charge is 2.16. The fraction of sp³-hybridized carbons (Fsp3) is 0.500. The van der Waals surface area contributed by atoms with Crippen LogP contribution in [0.2, 0.25) is 0 Å². The molecule has 2 N–H and O–H groups in total. The molecule has 19 heavy (non-hydrogen) atoms. The van der Waals surface area contributed by atoms with E-state index in [2.05, 4.69) is 10.6 Å². The van der Waals surface area contributed by atoms with Crippen molar-refractivity contribution in [1.29, 1.82) is 0 Å². The summed E-state index contributed by atoms with van der Waals surface area (Å²) in [5.41, 5.74) is 1.16. The first kappa shape index (κ1) is 15.8. The Hall–Kier alpha value is -1.26. The molecule has 5 heteroatoms. The van der Waals surface area contributed by atoms with E-state index in [1.54, 1.807) is 0 Å². The summed E-state index contributed by atoms with van der Waals surface area (Å²) in [5.74, 6) is 1.49. The smallest absolute Gasteiger partial charge is 0.223 e. The van der Waals surface area contributed by atoms with Crippen LogP contribution in [0.4, 0.5) is 0 Å². The van der Waals surface area contributed by atoms with Crippen LogP contribution in [0.3, 0.4) is 0 Å². The van der Waals surface area contributed by atoms with E-state index in [1.807, 2.05) is 31.2 Å². The molecule has 1 aromatic rings. The topological polar surface area (TPSA) is 50.4 Å². The second-order valence-corrected chi connectivity index (χ2v) is 4.74. The van der Waals surface area contributed by atoms with Crippen LogP contribution in [0.15, 0.2) is 24.3 Å². The lowest BCUT2D eigenvalue weighted by Crippen LogP contribution is -2.48. The number of carbonyl (C=O) groups excluding carboxylic acids is 1. The lowest BCUT2D eigenvalue weighted by molar-refractivity contribution is -0.121. The maximum Gasteiger partial charge on any atom is 0.223 e. The minimum atomic E-state index is 0. The molecule has 1 saturated heterocycles. The summed E-state index contributed by atoms with van der Waals surface area (Å²) in [7, 11) is 0. The Morgan fingerprint density at radius 2 is 2.26 bits per heavy atom. The zero-order valence-corrected chi connectivity index (χ0v) is 12.0. The molecule has 1 amide bonds. The fourth-order valence-corrected chi connectivity index (χ4v) is 1.81. The van der Waals surface area contributed by atoms with E-state index in [-0.39, 0.29) is 18.3 Å². The molecule has 0 saturated carbocycles. The van der Waals surface area contributed by atoms with Crippen molar-refractivity contribution in [3.63, 3.8) is 0 Å². The summed E-state index contributed by atoms with van der Waals surface area (Å²) < 4.78 is 5.53. The molecule has 4 nitrogen and oxygen atoms in total. The van der Waals surface area contributed by atoms with Gasteiger partial charge in [0.15, 0.2) is 0 Å². The highest BCUT2D eigenvalue weighted by molar-refractivity contribution is 5.85.